The lowest BCUT2D eigenvalue weighted by Gasteiger charge is -2.31. The predicted molar refractivity (Wildman–Crippen MR) is 102 cm³/mol. The van der Waals surface area contributed by atoms with Gasteiger partial charge in [-0.15, -0.1) is 24.0 Å². The second kappa shape index (κ2) is 10.7. The molecular weight excluding hydrogens is 434 g/mol. The molecule has 4 nitrogen and oxygen atoms in total. The molecule has 0 saturated heterocycles. The minimum Gasteiger partial charge on any atom is -0.388 e. The molecule has 0 atom stereocenters. The van der Waals surface area contributed by atoms with Crippen molar-refractivity contribution in [2.45, 2.75) is 77.1 Å². The van der Waals surface area contributed by atoms with Crippen molar-refractivity contribution in [3.05, 3.63) is 0 Å². The van der Waals surface area contributed by atoms with E-state index < -0.39 is 17.7 Å². The number of alkyl halides is 3. The zero-order valence-electron chi connectivity index (χ0n) is 14.7. The first-order valence-corrected chi connectivity index (χ1v) is 8.58. The molecule has 0 aliphatic heterocycles. The van der Waals surface area contributed by atoms with Crippen molar-refractivity contribution in [1.82, 2.24) is 10.6 Å². The van der Waals surface area contributed by atoms with E-state index in [0.29, 0.717) is 38.2 Å². The van der Waals surface area contributed by atoms with Crippen LogP contribution in [0.3, 0.4) is 0 Å². The molecule has 0 aromatic heterocycles. The van der Waals surface area contributed by atoms with E-state index in [9.17, 15) is 18.3 Å². The van der Waals surface area contributed by atoms with Crippen molar-refractivity contribution >= 4 is 29.9 Å². The summed E-state index contributed by atoms with van der Waals surface area (Å²) in [5.41, 5.74) is -0.823. The van der Waals surface area contributed by atoms with Gasteiger partial charge in [0, 0.05) is 12.6 Å². The summed E-state index contributed by atoms with van der Waals surface area (Å²) >= 11 is 0. The molecular formula is C16H31F3IN3O. The van der Waals surface area contributed by atoms with Gasteiger partial charge < -0.3 is 15.7 Å². The summed E-state index contributed by atoms with van der Waals surface area (Å²) in [4.78, 5) is 4.41. The van der Waals surface area contributed by atoms with Crippen LogP contribution in [0.5, 0.6) is 0 Å². The van der Waals surface area contributed by atoms with Crippen LogP contribution in [-0.4, -0.2) is 42.0 Å². The second-order valence-corrected chi connectivity index (χ2v) is 6.36. The van der Waals surface area contributed by atoms with Crippen molar-refractivity contribution in [3.8, 4) is 0 Å². The Bertz CT molecular complexity index is 379. The molecule has 1 saturated carbocycles. The SMILES string of the molecule is CCNC(=NCC(O)(CC)CC)NC1CCC(C(F)(F)F)CC1.I. The van der Waals surface area contributed by atoms with Gasteiger partial charge in [-0.25, -0.2) is 0 Å². The molecule has 0 unspecified atom stereocenters. The highest BCUT2D eigenvalue weighted by Crippen LogP contribution is 2.37. The highest BCUT2D eigenvalue weighted by Gasteiger charge is 2.41. The molecule has 1 aliphatic rings. The van der Waals surface area contributed by atoms with Gasteiger partial charge in [0.25, 0.3) is 0 Å². The summed E-state index contributed by atoms with van der Waals surface area (Å²) in [5, 5.41) is 16.6. The van der Waals surface area contributed by atoms with Crippen LogP contribution < -0.4 is 10.6 Å². The van der Waals surface area contributed by atoms with Crippen LogP contribution in [0, 0.1) is 5.92 Å². The first-order valence-electron chi connectivity index (χ1n) is 8.58. The number of aliphatic imine (C=N–C) groups is 1. The van der Waals surface area contributed by atoms with Crippen molar-refractivity contribution in [1.29, 1.82) is 0 Å². The maximum absolute atomic E-state index is 12.7. The molecule has 0 aromatic rings. The van der Waals surface area contributed by atoms with E-state index in [-0.39, 0.29) is 49.4 Å². The van der Waals surface area contributed by atoms with Gasteiger partial charge in [0.2, 0.25) is 0 Å². The van der Waals surface area contributed by atoms with Crippen LogP contribution in [0.15, 0.2) is 4.99 Å². The standard InChI is InChI=1S/C16H30F3N3O.HI/c1-4-15(23,5-2)11-21-14(20-6-3)22-13-9-7-12(8-10-13)16(17,18)19;/h12-13,23H,4-11H2,1-3H3,(H2,20,21,22);1H. The van der Waals surface area contributed by atoms with E-state index in [1.54, 1.807) is 0 Å². The Labute approximate surface area is 160 Å². The zero-order chi connectivity index (χ0) is 17.5. The summed E-state index contributed by atoms with van der Waals surface area (Å²) in [5.74, 6) is -0.603. The van der Waals surface area contributed by atoms with E-state index in [2.05, 4.69) is 15.6 Å². The summed E-state index contributed by atoms with van der Waals surface area (Å²) in [6.07, 6.45) is -1.56. The fourth-order valence-corrected chi connectivity index (χ4v) is 2.78. The van der Waals surface area contributed by atoms with Crippen LogP contribution >= 0.6 is 24.0 Å². The molecule has 1 rings (SSSR count). The lowest BCUT2D eigenvalue weighted by molar-refractivity contribution is -0.182. The average molecular weight is 465 g/mol. The Kier molecular flexibility index (Phi) is 10.6. The molecule has 1 aliphatic carbocycles. The number of rotatable bonds is 6. The van der Waals surface area contributed by atoms with E-state index >= 15 is 0 Å². The number of aliphatic hydroxyl groups is 1. The number of hydrogen-bond acceptors (Lipinski definition) is 2. The molecule has 0 radical (unpaired) electrons. The molecule has 8 heteroatoms. The minimum atomic E-state index is -4.08. The first-order chi connectivity index (χ1) is 10.7. The quantitative estimate of drug-likeness (QED) is 0.318. The summed E-state index contributed by atoms with van der Waals surface area (Å²) in [6, 6.07) is 0.00254. The van der Waals surface area contributed by atoms with Crippen molar-refractivity contribution in [2.24, 2.45) is 10.9 Å². The Morgan fingerprint density at radius 3 is 2.04 bits per heavy atom. The molecule has 0 spiro atoms. The number of halogens is 4. The van der Waals surface area contributed by atoms with Gasteiger partial charge in [0.15, 0.2) is 5.96 Å². The average Bonchev–Trinajstić information content (AvgIpc) is 2.52. The van der Waals surface area contributed by atoms with Crippen LogP contribution in [0.2, 0.25) is 0 Å². The van der Waals surface area contributed by atoms with Crippen LogP contribution in [0.1, 0.15) is 59.3 Å². The third kappa shape index (κ3) is 7.76. The maximum Gasteiger partial charge on any atom is 0.391 e. The summed E-state index contributed by atoms with van der Waals surface area (Å²) in [6.45, 7) is 6.72. The van der Waals surface area contributed by atoms with Crippen molar-refractivity contribution in [2.75, 3.05) is 13.1 Å². The van der Waals surface area contributed by atoms with Gasteiger partial charge in [0.1, 0.15) is 0 Å². The van der Waals surface area contributed by atoms with Gasteiger partial charge in [-0.1, -0.05) is 13.8 Å². The number of guanidine groups is 1. The Morgan fingerprint density at radius 1 is 1.08 bits per heavy atom. The lowest BCUT2D eigenvalue weighted by Crippen LogP contribution is -2.46. The normalized spacial score (nSPS) is 22.7. The Morgan fingerprint density at radius 2 is 1.62 bits per heavy atom. The first kappa shape index (κ1) is 23.8. The van der Waals surface area contributed by atoms with Crippen LogP contribution in [-0.2, 0) is 0 Å². The molecule has 144 valence electrons. The minimum absolute atomic E-state index is 0. The van der Waals surface area contributed by atoms with E-state index in [1.807, 2.05) is 20.8 Å². The predicted octanol–water partition coefficient (Wildman–Crippen LogP) is 3.83. The Balaban J connectivity index is 0.00000529. The largest absolute Gasteiger partial charge is 0.391 e. The highest BCUT2D eigenvalue weighted by atomic mass is 127. The van der Waals surface area contributed by atoms with Gasteiger partial charge in [-0.3, -0.25) is 4.99 Å². The lowest BCUT2D eigenvalue weighted by atomic mass is 9.85. The third-order valence-corrected chi connectivity index (χ3v) is 4.72. The van der Waals surface area contributed by atoms with Crippen LogP contribution in [0.25, 0.3) is 0 Å². The molecule has 0 amide bonds. The van der Waals surface area contributed by atoms with E-state index in [4.69, 9.17) is 0 Å². The van der Waals surface area contributed by atoms with Gasteiger partial charge >= 0.3 is 6.18 Å². The van der Waals surface area contributed by atoms with Crippen molar-refractivity contribution in [3.63, 3.8) is 0 Å². The highest BCUT2D eigenvalue weighted by molar-refractivity contribution is 14.0. The van der Waals surface area contributed by atoms with Crippen LogP contribution in [0.4, 0.5) is 13.2 Å². The molecule has 1 fully saturated rings. The zero-order valence-corrected chi connectivity index (χ0v) is 17.1. The van der Waals surface area contributed by atoms with Gasteiger partial charge in [-0.2, -0.15) is 13.2 Å². The summed E-state index contributed by atoms with van der Waals surface area (Å²) < 4.78 is 38.1. The summed E-state index contributed by atoms with van der Waals surface area (Å²) in [7, 11) is 0. The molecule has 0 aromatic carbocycles. The number of nitrogens with zero attached hydrogens (tertiary/aromatic N) is 1. The van der Waals surface area contributed by atoms with E-state index in [0.717, 1.165) is 0 Å². The second-order valence-electron chi connectivity index (χ2n) is 6.36. The van der Waals surface area contributed by atoms with E-state index in [1.165, 1.54) is 0 Å². The molecule has 0 bridgehead atoms. The third-order valence-electron chi connectivity index (χ3n) is 4.72. The molecule has 24 heavy (non-hydrogen) atoms. The monoisotopic (exact) mass is 465 g/mol. The smallest absolute Gasteiger partial charge is 0.388 e. The molecule has 3 N–H and O–H groups in total. The number of nitrogens with one attached hydrogen (secondary N) is 2. The fourth-order valence-electron chi connectivity index (χ4n) is 2.78. The van der Waals surface area contributed by atoms with Gasteiger partial charge in [-0.05, 0) is 45.4 Å². The van der Waals surface area contributed by atoms with Crippen molar-refractivity contribution < 1.29 is 18.3 Å². The Hall–Kier alpha value is -0.250. The topological polar surface area (TPSA) is 56.7 Å². The fraction of sp³-hybridized carbons (Fsp3) is 0.938. The molecule has 0 heterocycles. The number of hydrogen-bond donors (Lipinski definition) is 3. The maximum atomic E-state index is 12.7. The van der Waals surface area contributed by atoms with Gasteiger partial charge in [0.05, 0.1) is 18.1 Å².